The Kier molecular flexibility index (Phi) is 7.11. The molecule has 198 valence electrons. The number of aromatic hydroxyl groups is 1. The third-order valence-electron chi connectivity index (χ3n) is 7.38. The van der Waals surface area contributed by atoms with E-state index < -0.39 is 0 Å². The Labute approximate surface area is 221 Å². The lowest BCUT2D eigenvalue weighted by Gasteiger charge is -2.45. The first-order valence-electron chi connectivity index (χ1n) is 12.6. The fourth-order valence-corrected chi connectivity index (χ4v) is 5.07. The largest absolute Gasteiger partial charge is 0.507 e. The number of ether oxygens (including phenoxy) is 1. The molecule has 0 bridgehead atoms. The lowest BCUT2D eigenvalue weighted by atomic mass is 9.95. The van der Waals surface area contributed by atoms with E-state index in [2.05, 4.69) is 15.9 Å². The maximum atomic E-state index is 13.8. The Morgan fingerprint density at radius 1 is 1.05 bits per heavy atom. The summed E-state index contributed by atoms with van der Waals surface area (Å²) in [5.41, 5.74) is 4.17. The minimum atomic E-state index is -0.371. The first-order valence-corrected chi connectivity index (χ1v) is 12.6. The molecule has 9 heteroatoms. The number of phenolic OH excluding ortho intramolecular Hbond substituents is 1. The van der Waals surface area contributed by atoms with Gasteiger partial charge < -0.3 is 29.4 Å². The molecule has 0 spiro atoms. The van der Waals surface area contributed by atoms with Crippen LogP contribution in [0.2, 0.25) is 0 Å². The summed E-state index contributed by atoms with van der Waals surface area (Å²) >= 11 is 0. The van der Waals surface area contributed by atoms with Crippen molar-refractivity contribution in [2.75, 3.05) is 31.6 Å². The quantitative estimate of drug-likeness (QED) is 0.364. The molecule has 2 N–H and O–H groups in total. The van der Waals surface area contributed by atoms with Gasteiger partial charge >= 0.3 is 0 Å². The summed E-state index contributed by atoms with van der Waals surface area (Å²) in [5.74, 6) is -0.540. The highest BCUT2D eigenvalue weighted by Gasteiger charge is 2.34. The van der Waals surface area contributed by atoms with Crippen LogP contribution in [0.5, 0.6) is 17.2 Å². The second-order valence-electron chi connectivity index (χ2n) is 9.76. The Morgan fingerprint density at radius 3 is 2.53 bits per heavy atom. The van der Waals surface area contributed by atoms with Crippen molar-refractivity contribution in [3.8, 4) is 17.2 Å². The van der Waals surface area contributed by atoms with Crippen LogP contribution < -0.4 is 14.5 Å². The molecule has 0 radical (unpaired) electrons. The number of likely N-dealkylation sites (N-methyl/N-ethyl adjacent to an activating group) is 1. The first-order chi connectivity index (χ1) is 18.4. The van der Waals surface area contributed by atoms with Gasteiger partial charge in [-0.3, -0.25) is 9.59 Å². The zero-order valence-electron chi connectivity index (χ0n) is 21.5. The molecular weight excluding hydrogens is 486 g/mol. The van der Waals surface area contributed by atoms with E-state index in [1.165, 1.54) is 17.7 Å². The van der Waals surface area contributed by atoms with Crippen molar-refractivity contribution in [3.05, 3.63) is 82.9 Å². The molecule has 2 amide bonds. The van der Waals surface area contributed by atoms with Crippen molar-refractivity contribution in [1.29, 1.82) is 0 Å². The number of benzene rings is 3. The Balaban J connectivity index is 1.39. The lowest BCUT2D eigenvalue weighted by molar-refractivity contribution is -0.137. The predicted octanol–water partition coefficient (Wildman–Crippen LogP) is 3.69. The molecule has 0 aliphatic carbocycles. The van der Waals surface area contributed by atoms with Gasteiger partial charge in [0.1, 0.15) is 23.7 Å². The van der Waals surface area contributed by atoms with Crippen LogP contribution in [0.15, 0.2) is 60.7 Å². The molecule has 2 aliphatic heterocycles. The van der Waals surface area contributed by atoms with Gasteiger partial charge in [0.2, 0.25) is 5.91 Å². The molecule has 0 saturated carbocycles. The van der Waals surface area contributed by atoms with Crippen LogP contribution in [0, 0.1) is 0 Å². The van der Waals surface area contributed by atoms with Gasteiger partial charge in [-0.05, 0) is 29.2 Å². The molecule has 0 atom stereocenters. The number of carbonyl (C=O) groups is 2. The fraction of sp³-hybridized carbons (Fsp3) is 0.310. The highest BCUT2D eigenvalue weighted by atomic mass is 17.1. The van der Waals surface area contributed by atoms with Crippen molar-refractivity contribution in [2.45, 2.75) is 32.5 Å². The van der Waals surface area contributed by atoms with E-state index >= 15 is 0 Å². The monoisotopic (exact) mass is 517 g/mol. The van der Waals surface area contributed by atoms with Gasteiger partial charge in [0.05, 0.1) is 6.04 Å². The molecule has 3 aromatic carbocycles. The van der Waals surface area contributed by atoms with E-state index in [4.69, 9.17) is 9.99 Å². The normalized spacial score (nSPS) is 14.9. The van der Waals surface area contributed by atoms with Crippen LogP contribution in [0.3, 0.4) is 0 Å². The molecular formula is C29H31N3O6. The lowest BCUT2D eigenvalue weighted by Crippen LogP contribution is -2.60. The smallest absolute Gasteiger partial charge is 0.261 e. The average molecular weight is 518 g/mol. The average Bonchev–Trinajstić information content (AvgIpc) is 2.90. The second kappa shape index (κ2) is 10.6. The summed E-state index contributed by atoms with van der Waals surface area (Å²) in [5, 5.41) is 19.9. The van der Waals surface area contributed by atoms with Gasteiger partial charge in [0, 0.05) is 58.0 Å². The van der Waals surface area contributed by atoms with Crippen LogP contribution >= 0.6 is 0 Å². The van der Waals surface area contributed by atoms with Crippen LogP contribution in [-0.2, 0) is 24.4 Å². The molecule has 2 heterocycles. The summed E-state index contributed by atoms with van der Waals surface area (Å²) in [7, 11) is 2.02. The van der Waals surface area contributed by atoms with Crippen LogP contribution in [0.1, 0.15) is 34.0 Å². The number of carbonyl (C=O) groups excluding carboxylic acids is 2. The molecule has 0 aromatic heterocycles. The number of phenols is 1. The first kappa shape index (κ1) is 25.4. The van der Waals surface area contributed by atoms with Crippen molar-refractivity contribution >= 4 is 17.5 Å². The highest BCUT2D eigenvalue weighted by molar-refractivity contribution is 6.00. The standard InChI is InChI=1S/C29H31N3O6/c1-19(33)32-15-22(16-32)30(2)25-10-6-9-21-11-12-31(17-24(21)25)29(35)28-26(34)13-23(38-36)14-27(28)37-18-20-7-4-3-5-8-20/h3-10,13-14,22,34,36H,11-12,15-18H2,1-2H3. The molecule has 2 aliphatic rings. The topological polar surface area (TPSA) is 103 Å². The maximum absolute atomic E-state index is 13.8. The molecule has 0 unspecified atom stereocenters. The van der Waals surface area contributed by atoms with Gasteiger partial charge in [-0.1, -0.05) is 42.5 Å². The molecule has 5 rings (SSSR count). The Bertz CT molecular complexity index is 1340. The summed E-state index contributed by atoms with van der Waals surface area (Å²) in [6.07, 6.45) is 0.672. The maximum Gasteiger partial charge on any atom is 0.261 e. The zero-order chi connectivity index (χ0) is 26.8. The molecule has 38 heavy (non-hydrogen) atoms. The number of amides is 2. The van der Waals surface area contributed by atoms with Crippen molar-refractivity contribution in [3.63, 3.8) is 0 Å². The number of anilines is 1. The summed E-state index contributed by atoms with van der Waals surface area (Å²) < 4.78 is 5.93. The second-order valence-corrected chi connectivity index (χ2v) is 9.76. The van der Waals surface area contributed by atoms with E-state index in [0.29, 0.717) is 32.6 Å². The van der Waals surface area contributed by atoms with Gasteiger partial charge in [-0.15, -0.1) is 0 Å². The number of hydrogen-bond acceptors (Lipinski definition) is 7. The molecule has 3 aromatic rings. The minimum Gasteiger partial charge on any atom is -0.507 e. The van der Waals surface area contributed by atoms with Gasteiger partial charge in [0.15, 0.2) is 5.75 Å². The third-order valence-corrected chi connectivity index (χ3v) is 7.38. The fourth-order valence-electron chi connectivity index (χ4n) is 5.07. The van der Waals surface area contributed by atoms with Gasteiger partial charge in [-0.2, -0.15) is 0 Å². The van der Waals surface area contributed by atoms with Crippen molar-refractivity contribution < 1.29 is 29.6 Å². The van der Waals surface area contributed by atoms with E-state index in [0.717, 1.165) is 16.8 Å². The third kappa shape index (κ3) is 4.97. The van der Waals surface area contributed by atoms with Gasteiger partial charge in [-0.25, -0.2) is 5.26 Å². The number of fused-ring (bicyclic) bond motifs is 1. The zero-order valence-corrected chi connectivity index (χ0v) is 21.5. The molecule has 1 saturated heterocycles. The number of likely N-dealkylation sites (tertiary alicyclic amines) is 1. The van der Waals surface area contributed by atoms with Crippen LogP contribution in [0.25, 0.3) is 0 Å². The SMILES string of the molecule is CC(=O)N1CC(N(C)c2cccc3c2CN(C(=O)c2c(O)cc(OO)cc2OCc2ccccc2)CC3)C1. The Morgan fingerprint density at radius 2 is 1.82 bits per heavy atom. The van der Waals surface area contributed by atoms with Gasteiger partial charge in [0.25, 0.3) is 5.91 Å². The number of hydrogen-bond donors (Lipinski definition) is 2. The van der Waals surface area contributed by atoms with Crippen LogP contribution in [0.4, 0.5) is 5.69 Å². The van der Waals surface area contributed by atoms with E-state index in [1.807, 2.05) is 54.4 Å². The van der Waals surface area contributed by atoms with E-state index in [9.17, 15) is 14.7 Å². The highest BCUT2D eigenvalue weighted by Crippen LogP contribution is 2.37. The molecule has 9 nitrogen and oxygen atoms in total. The number of nitrogens with zero attached hydrogens (tertiary/aromatic N) is 3. The Hall–Kier alpha value is -4.24. The summed E-state index contributed by atoms with van der Waals surface area (Å²) in [6.45, 7) is 3.95. The minimum absolute atomic E-state index is 0.0205. The summed E-state index contributed by atoms with van der Waals surface area (Å²) in [6, 6.07) is 18.4. The van der Waals surface area contributed by atoms with Crippen molar-refractivity contribution in [2.24, 2.45) is 0 Å². The predicted molar refractivity (Wildman–Crippen MR) is 141 cm³/mol. The van der Waals surface area contributed by atoms with E-state index in [1.54, 1.807) is 11.8 Å². The summed E-state index contributed by atoms with van der Waals surface area (Å²) in [4.78, 5) is 35.5. The van der Waals surface area contributed by atoms with E-state index in [-0.39, 0.29) is 47.3 Å². The molecule has 1 fully saturated rings. The number of rotatable bonds is 7. The van der Waals surface area contributed by atoms with Crippen molar-refractivity contribution in [1.82, 2.24) is 9.80 Å². The van der Waals surface area contributed by atoms with Crippen LogP contribution in [-0.4, -0.2) is 64.7 Å².